The molecule has 0 amide bonds. The minimum absolute atomic E-state index is 0.00842. The maximum absolute atomic E-state index is 13.4. The average molecular weight is 280 g/mol. The van der Waals surface area contributed by atoms with Crippen LogP contribution >= 0.6 is 0 Å². The number of benzene rings is 1. The fourth-order valence-corrected chi connectivity index (χ4v) is 2.85. The molecule has 2 rings (SSSR count). The number of hydrogen-bond donors (Lipinski definition) is 1. The van der Waals surface area contributed by atoms with E-state index in [1.807, 2.05) is 13.8 Å². The lowest BCUT2D eigenvalue weighted by molar-refractivity contribution is -0.142. The largest absolute Gasteiger partial charge is 0.491 e. The Hall–Kier alpha value is -1.58. The Morgan fingerprint density at radius 2 is 1.95 bits per heavy atom. The van der Waals surface area contributed by atoms with Crippen molar-refractivity contribution in [2.24, 2.45) is 5.92 Å². The van der Waals surface area contributed by atoms with E-state index in [1.165, 1.54) is 12.1 Å². The van der Waals surface area contributed by atoms with E-state index in [1.54, 1.807) is 6.07 Å². The Morgan fingerprint density at radius 1 is 1.30 bits per heavy atom. The third-order valence-electron chi connectivity index (χ3n) is 3.85. The van der Waals surface area contributed by atoms with Gasteiger partial charge in [0.15, 0.2) is 0 Å². The number of ether oxygens (including phenoxy) is 1. The van der Waals surface area contributed by atoms with Gasteiger partial charge >= 0.3 is 5.97 Å². The zero-order valence-corrected chi connectivity index (χ0v) is 11.9. The lowest BCUT2D eigenvalue weighted by atomic mass is 9.78. The summed E-state index contributed by atoms with van der Waals surface area (Å²) in [6.45, 7) is 3.83. The van der Waals surface area contributed by atoms with Crippen LogP contribution < -0.4 is 4.74 Å². The Kier molecular flexibility index (Phi) is 4.63. The van der Waals surface area contributed by atoms with E-state index >= 15 is 0 Å². The van der Waals surface area contributed by atoms with E-state index in [2.05, 4.69) is 0 Å². The predicted octanol–water partition coefficient (Wildman–Crippen LogP) is 3.97. The van der Waals surface area contributed by atoms with Crippen molar-refractivity contribution in [2.75, 3.05) is 0 Å². The van der Waals surface area contributed by atoms with Crippen molar-refractivity contribution in [1.82, 2.24) is 0 Å². The van der Waals surface area contributed by atoms with Crippen molar-refractivity contribution in [1.29, 1.82) is 0 Å². The van der Waals surface area contributed by atoms with Gasteiger partial charge in [0.25, 0.3) is 0 Å². The van der Waals surface area contributed by atoms with Crippen LogP contribution in [0.3, 0.4) is 0 Å². The topological polar surface area (TPSA) is 46.5 Å². The van der Waals surface area contributed by atoms with Gasteiger partial charge in [-0.05, 0) is 57.1 Å². The minimum atomic E-state index is -0.707. The molecule has 110 valence electrons. The van der Waals surface area contributed by atoms with E-state index in [4.69, 9.17) is 9.84 Å². The summed E-state index contributed by atoms with van der Waals surface area (Å²) in [4.78, 5) is 11.0. The molecule has 1 aromatic rings. The standard InChI is InChI=1S/C16H21FO3/c1-10(2)20-15-9-13(17)7-8-14(15)11-3-5-12(6-4-11)16(18)19/h7-12H,3-6H2,1-2H3,(H,18,19). The highest BCUT2D eigenvalue weighted by Gasteiger charge is 2.28. The molecule has 1 saturated carbocycles. The smallest absolute Gasteiger partial charge is 0.306 e. The monoisotopic (exact) mass is 280 g/mol. The van der Waals surface area contributed by atoms with Crippen molar-refractivity contribution in [2.45, 2.75) is 51.6 Å². The van der Waals surface area contributed by atoms with Crippen LogP contribution in [0.25, 0.3) is 0 Å². The summed E-state index contributed by atoms with van der Waals surface area (Å²) in [5.41, 5.74) is 1.00. The number of carboxylic acid groups (broad SMARTS) is 1. The molecule has 0 saturated heterocycles. The van der Waals surface area contributed by atoms with Gasteiger partial charge in [0.05, 0.1) is 12.0 Å². The molecule has 0 heterocycles. The van der Waals surface area contributed by atoms with E-state index in [-0.39, 0.29) is 23.8 Å². The van der Waals surface area contributed by atoms with Crippen molar-refractivity contribution < 1.29 is 19.0 Å². The summed E-state index contributed by atoms with van der Waals surface area (Å²) < 4.78 is 19.1. The van der Waals surface area contributed by atoms with Crippen molar-refractivity contribution in [3.63, 3.8) is 0 Å². The molecule has 0 unspecified atom stereocenters. The van der Waals surface area contributed by atoms with Crippen LogP contribution in [0.4, 0.5) is 4.39 Å². The van der Waals surface area contributed by atoms with Crippen LogP contribution in [0.5, 0.6) is 5.75 Å². The fourth-order valence-electron chi connectivity index (χ4n) is 2.85. The predicted molar refractivity (Wildman–Crippen MR) is 74.5 cm³/mol. The van der Waals surface area contributed by atoms with E-state index in [9.17, 15) is 9.18 Å². The Labute approximate surface area is 118 Å². The van der Waals surface area contributed by atoms with Gasteiger partial charge in [0, 0.05) is 6.07 Å². The van der Waals surface area contributed by atoms with Gasteiger partial charge in [-0.15, -0.1) is 0 Å². The summed E-state index contributed by atoms with van der Waals surface area (Å²) in [7, 11) is 0. The normalized spacial score (nSPS) is 22.8. The lowest BCUT2D eigenvalue weighted by Crippen LogP contribution is -2.21. The van der Waals surface area contributed by atoms with Crippen molar-refractivity contribution in [3.8, 4) is 5.75 Å². The number of carbonyl (C=O) groups is 1. The molecule has 1 aliphatic carbocycles. The van der Waals surface area contributed by atoms with Gasteiger partial charge in [-0.3, -0.25) is 4.79 Å². The summed E-state index contributed by atoms with van der Waals surface area (Å²) in [5.74, 6) is -0.385. The molecule has 1 N–H and O–H groups in total. The third-order valence-corrected chi connectivity index (χ3v) is 3.85. The SMILES string of the molecule is CC(C)Oc1cc(F)ccc1C1CCC(C(=O)O)CC1. The minimum Gasteiger partial charge on any atom is -0.491 e. The first-order valence-electron chi connectivity index (χ1n) is 7.16. The van der Waals surface area contributed by atoms with Crippen LogP contribution in [0.2, 0.25) is 0 Å². The van der Waals surface area contributed by atoms with Gasteiger partial charge in [-0.2, -0.15) is 0 Å². The summed E-state index contributed by atoms with van der Waals surface area (Å²) in [5, 5.41) is 9.03. The fraction of sp³-hybridized carbons (Fsp3) is 0.562. The number of rotatable bonds is 4. The molecule has 0 spiro atoms. The average Bonchev–Trinajstić information content (AvgIpc) is 2.38. The molecular formula is C16H21FO3. The second kappa shape index (κ2) is 6.25. The molecule has 1 aliphatic rings. The van der Waals surface area contributed by atoms with Gasteiger partial charge in [-0.25, -0.2) is 4.39 Å². The van der Waals surface area contributed by atoms with Crippen LogP contribution in [-0.4, -0.2) is 17.2 Å². The van der Waals surface area contributed by atoms with Crippen molar-refractivity contribution >= 4 is 5.97 Å². The van der Waals surface area contributed by atoms with E-state index in [0.717, 1.165) is 18.4 Å². The van der Waals surface area contributed by atoms with Crippen LogP contribution in [0.1, 0.15) is 51.0 Å². The van der Waals surface area contributed by atoms with E-state index in [0.29, 0.717) is 18.6 Å². The maximum atomic E-state index is 13.4. The summed E-state index contributed by atoms with van der Waals surface area (Å²) in [6, 6.07) is 4.66. The number of hydrogen-bond acceptors (Lipinski definition) is 2. The zero-order chi connectivity index (χ0) is 14.7. The molecule has 4 heteroatoms. The molecule has 1 fully saturated rings. The Bertz CT molecular complexity index is 477. The number of carboxylic acids is 1. The highest BCUT2D eigenvalue weighted by Crippen LogP contribution is 2.40. The first kappa shape index (κ1) is 14.8. The number of aliphatic carboxylic acids is 1. The first-order chi connectivity index (χ1) is 9.47. The van der Waals surface area contributed by atoms with Crippen LogP contribution in [0, 0.1) is 11.7 Å². The molecule has 0 radical (unpaired) electrons. The molecule has 0 atom stereocenters. The Balaban J connectivity index is 2.14. The van der Waals surface area contributed by atoms with E-state index < -0.39 is 5.97 Å². The molecule has 0 bridgehead atoms. The Morgan fingerprint density at radius 3 is 2.50 bits per heavy atom. The summed E-state index contributed by atoms with van der Waals surface area (Å²) in [6.07, 6.45) is 2.98. The molecule has 0 aromatic heterocycles. The van der Waals surface area contributed by atoms with Crippen LogP contribution in [-0.2, 0) is 4.79 Å². The quantitative estimate of drug-likeness (QED) is 0.907. The second-order valence-corrected chi connectivity index (χ2v) is 5.74. The van der Waals surface area contributed by atoms with Gasteiger partial charge < -0.3 is 9.84 Å². The highest BCUT2D eigenvalue weighted by atomic mass is 19.1. The number of halogens is 1. The molecule has 20 heavy (non-hydrogen) atoms. The lowest BCUT2D eigenvalue weighted by Gasteiger charge is -2.28. The zero-order valence-electron chi connectivity index (χ0n) is 11.9. The maximum Gasteiger partial charge on any atom is 0.306 e. The summed E-state index contributed by atoms with van der Waals surface area (Å²) >= 11 is 0. The molecule has 0 aliphatic heterocycles. The first-order valence-corrected chi connectivity index (χ1v) is 7.16. The molecule has 1 aromatic carbocycles. The van der Waals surface area contributed by atoms with Gasteiger partial charge in [0.1, 0.15) is 11.6 Å². The third kappa shape index (κ3) is 3.50. The van der Waals surface area contributed by atoms with Crippen LogP contribution in [0.15, 0.2) is 18.2 Å². The molecule has 3 nitrogen and oxygen atoms in total. The highest BCUT2D eigenvalue weighted by molar-refractivity contribution is 5.70. The van der Waals surface area contributed by atoms with Gasteiger partial charge in [0.2, 0.25) is 0 Å². The second-order valence-electron chi connectivity index (χ2n) is 5.74. The molecular weight excluding hydrogens is 259 g/mol. The van der Waals surface area contributed by atoms with Gasteiger partial charge in [-0.1, -0.05) is 6.07 Å². The van der Waals surface area contributed by atoms with Crippen molar-refractivity contribution in [3.05, 3.63) is 29.6 Å².